The van der Waals surface area contributed by atoms with Crippen molar-refractivity contribution in [2.45, 2.75) is 32.5 Å². The van der Waals surface area contributed by atoms with E-state index in [1.807, 2.05) is 11.8 Å². The van der Waals surface area contributed by atoms with Gasteiger partial charge in [-0.15, -0.1) is 0 Å². The van der Waals surface area contributed by atoms with Gasteiger partial charge in [0.1, 0.15) is 0 Å². The molecule has 19 heavy (non-hydrogen) atoms. The lowest BCUT2D eigenvalue weighted by Crippen LogP contribution is -2.21. The minimum Gasteiger partial charge on any atom is -0.372 e. The molecule has 0 amide bonds. The molecular formula is C14H19F3N2. The lowest BCUT2D eigenvalue weighted by atomic mass is 10.1. The maximum Gasteiger partial charge on any atom is 0.416 e. The number of alkyl halides is 3. The van der Waals surface area contributed by atoms with Crippen LogP contribution in [0.15, 0.2) is 18.2 Å². The Morgan fingerprint density at radius 2 is 1.89 bits per heavy atom. The quantitative estimate of drug-likeness (QED) is 0.903. The molecule has 1 aromatic carbocycles. The van der Waals surface area contributed by atoms with Crippen LogP contribution >= 0.6 is 0 Å². The van der Waals surface area contributed by atoms with Crippen molar-refractivity contribution in [1.29, 1.82) is 0 Å². The highest BCUT2D eigenvalue weighted by atomic mass is 19.4. The molecule has 0 unspecified atom stereocenters. The third-order valence-corrected chi connectivity index (χ3v) is 3.44. The van der Waals surface area contributed by atoms with Crippen LogP contribution < -0.4 is 10.2 Å². The summed E-state index contributed by atoms with van der Waals surface area (Å²) in [6, 6.07) is 4.68. The van der Waals surface area contributed by atoms with Crippen LogP contribution in [0.4, 0.5) is 18.9 Å². The molecule has 1 aliphatic heterocycles. The van der Waals surface area contributed by atoms with Gasteiger partial charge in [0.05, 0.1) is 5.56 Å². The first-order chi connectivity index (χ1) is 9.02. The summed E-state index contributed by atoms with van der Waals surface area (Å²) in [7, 11) is 0. The topological polar surface area (TPSA) is 15.3 Å². The average molecular weight is 272 g/mol. The number of hydrogen-bond donors (Lipinski definition) is 1. The Bertz CT molecular complexity index is 423. The van der Waals surface area contributed by atoms with Crippen LogP contribution in [0.5, 0.6) is 0 Å². The zero-order valence-electron chi connectivity index (χ0n) is 11.1. The van der Waals surface area contributed by atoms with Crippen LogP contribution in [-0.2, 0) is 12.7 Å². The van der Waals surface area contributed by atoms with Crippen molar-refractivity contribution >= 4 is 5.69 Å². The Kier molecular flexibility index (Phi) is 4.34. The first-order valence-corrected chi connectivity index (χ1v) is 6.68. The molecule has 2 rings (SSSR count). The minimum atomic E-state index is -4.29. The van der Waals surface area contributed by atoms with E-state index in [1.165, 1.54) is 6.07 Å². The lowest BCUT2D eigenvalue weighted by molar-refractivity contribution is -0.138. The molecule has 1 saturated heterocycles. The molecule has 0 radical (unpaired) electrons. The largest absolute Gasteiger partial charge is 0.416 e. The summed E-state index contributed by atoms with van der Waals surface area (Å²) >= 11 is 0. The Hall–Kier alpha value is -1.23. The first-order valence-electron chi connectivity index (χ1n) is 6.68. The smallest absolute Gasteiger partial charge is 0.372 e. The third-order valence-electron chi connectivity index (χ3n) is 3.44. The standard InChI is InChI=1S/C14H19F3N2/c1-2-18-10-11-5-6-12(19-7-3-4-8-19)9-13(11)14(15,16)17/h5-6,9,18H,2-4,7-8,10H2,1H3. The van der Waals surface area contributed by atoms with Gasteiger partial charge in [-0.2, -0.15) is 13.2 Å². The summed E-state index contributed by atoms with van der Waals surface area (Å²) in [6.07, 6.45) is -2.18. The molecule has 1 aliphatic rings. The van der Waals surface area contributed by atoms with Gasteiger partial charge in [0.15, 0.2) is 0 Å². The second kappa shape index (κ2) is 5.82. The second-order valence-corrected chi connectivity index (χ2v) is 4.81. The summed E-state index contributed by atoms with van der Waals surface area (Å²) in [6.45, 7) is 4.50. The number of hydrogen-bond acceptors (Lipinski definition) is 2. The summed E-state index contributed by atoms with van der Waals surface area (Å²) in [5.74, 6) is 0. The Morgan fingerprint density at radius 3 is 2.47 bits per heavy atom. The van der Waals surface area contributed by atoms with Gasteiger partial charge in [-0.25, -0.2) is 0 Å². The van der Waals surface area contributed by atoms with Crippen molar-refractivity contribution in [2.75, 3.05) is 24.5 Å². The minimum absolute atomic E-state index is 0.256. The van der Waals surface area contributed by atoms with Gasteiger partial charge >= 0.3 is 6.18 Å². The SMILES string of the molecule is CCNCc1ccc(N2CCCC2)cc1C(F)(F)F. The number of rotatable bonds is 4. The molecule has 0 bridgehead atoms. The number of benzene rings is 1. The van der Waals surface area contributed by atoms with E-state index in [1.54, 1.807) is 12.1 Å². The molecule has 1 aromatic rings. The number of nitrogens with zero attached hydrogens (tertiary/aromatic N) is 1. The summed E-state index contributed by atoms with van der Waals surface area (Å²) in [4.78, 5) is 2.02. The number of nitrogens with one attached hydrogen (secondary N) is 1. The van der Waals surface area contributed by atoms with E-state index in [0.29, 0.717) is 17.8 Å². The maximum absolute atomic E-state index is 13.1. The van der Waals surface area contributed by atoms with E-state index in [4.69, 9.17) is 0 Å². The van der Waals surface area contributed by atoms with Crippen LogP contribution in [0.3, 0.4) is 0 Å². The highest BCUT2D eigenvalue weighted by Gasteiger charge is 2.33. The van der Waals surface area contributed by atoms with Crippen molar-refractivity contribution in [1.82, 2.24) is 5.32 Å². The van der Waals surface area contributed by atoms with E-state index < -0.39 is 11.7 Å². The molecule has 2 nitrogen and oxygen atoms in total. The van der Waals surface area contributed by atoms with Crippen LogP contribution in [0.25, 0.3) is 0 Å². The highest BCUT2D eigenvalue weighted by Crippen LogP contribution is 2.35. The summed E-state index contributed by atoms with van der Waals surface area (Å²) in [5.41, 5.74) is 0.486. The Labute approximate surface area is 111 Å². The van der Waals surface area contributed by atoms with Gasteiger partial charge in [0.2, 0.25) is 0 Å². The molecule has 0 aromatic heterocycles. The maximum atomic E-state index is 13.1. The van der Waals surface area contributed by atoms with Crippen molar-refractivity contribution in [2.24, 2.45) is 0 Å². The second-order valence-electron chi connectivity index (χ2n) is 4.81. The molecule has 0 spiro atoms. The van der Waals surface area contributed by atoms with Crippen molar-refractivity contribution in [3.63, 3.8) is 0 Å². The first kappa shape index (κ1) is 14.2. The Balaban J connectivity index is 2.29. The molecule has 1 heterocycles. The van der Waals surface area contributed by atoms with Crippen LogP contribution in [0.1, 0.15) is 30.9 Å². The van der Waals surface area contributed by atoms with Gasteiger partial charge in [0, 0.05) is 25.3 Å². The average Bonchev–Trinajstić information content (AvgIpc) is 2.89. The highest BCUT2D eigenvalue weighted by molar-refractivity contribution is 5.52. The van der Waals surface area contributed by atoms with E-state index >= 15 is 0 Å². The predicted molar refractivity (Wildman–Crippen MR) is 70.3 cm³/mol. The molecule has 0 aliphatic carbocycles. The predicted octanol–water partition coefficient (Wildman–Crippen LogP) is 3.42. The zero-order valence-corrected chi connectivity index (χ0v) is 11.1. The number of anilines is 1. The van der Waals surface area contributed by atoms with Gasteiger partial charge in [0.25, 0.3) is 0 Å². The zero-order chi connectivity index (χ0) is 13.9. The van der Waals surface area contributed by atoms with Crippen molar-refractivity contribution in [3.05, 3.63) is 29.3 Å². The fourth-order valence-electron chi connectivity index (χ4n) is 2.41. The van der Waals surface area contributed by atoms with E-state index in [2.05, 4.69) is 5.32 Å². The van der Waals surface area contributed by atoms with Gasteiger partial charge in [-0.3, -0.25) is 0 Å². The van der Waals surface area contributed by atoms with Gasteiger partial charge in [-0.1, -0.05) is 13.0 Å². The summed E-state index contributed by atoms with van der Waals surface area (Å²) in [5, 5.41) is 2.95. The normalized spacial score (nSPS) is 16.1. The molecule has 106 valence electrons. The van der Waals surface area contributed by atoms with Crippen LogP contribution in [0.2, 0.25) is 0 Å². The van der Waals surface area contributed by atoms with E-state index in [9.17, 15) is 13.2 Å². The molecule has 1 fully saturated rings. The molecule has 0 saturated carbocycles. The van der Waals surface area contributed by atoms with E-state index in [0.717, 1.165) is 25.9 Å². The summed E-state index contributed by atoms with van der Waals surface area (Å²) < 4.78 is 39.3. The third kappa shape index (κ3) is 3.41. The van der Waals surface area contributed by atoms with Crippen LogP contribution in [0, 0.1) is 0 Å². The van der Waals surface area contributed by atoms with Gasteiger partial charge < -0.3 is 10.2 Å². The van der Waals surface area contributed by atoms with Crippen LogP contribution in [-0.4, -0.2) is 19.6 Å². The Morgan fingerprint density at radius 1 is 1.21 bits per heavy atom. The van der Waals surface area contributed by atoms with Crippen molar-refractivity contribution in [3.8, 4) is 0 Å². The lowest BCUT2D eigenvalue weighted by Gasteiger charge is -2.21. The number of halogens is 3. The monoisotopic (exact) mass is 272 g/mol. The van der Waals surface area contributed by atoms with Crippen molar-refractivity contribution < 1.29 is 13.2 Å². The molecular weight excluding hydrogens is 253 g/mol. The van der Waals surface area contributed by atoms with Gasteiger partial charge in [-0.05, 0) is 37.1 Å². The fourth-order valence-corrected chi connectivity index (χ4v) is 2.41. The van der Waals surface area contributed by atoms with E-state index in [-0.39, 0.29) is 6.54 Å². The molecule has 0 atom stereocenters. The fraction of sp³-hybridized carbons (Fsp3) is 0.571. The molecule has 5 heteroatoms. The molecule has 1 N–H and O–H groups in total.